The van der Waals surface area contributed by atoms with Crippen molar-refractivity contribution in [2.24, 2.45) is 0 Å². The molecule has 1 aromatic carbocycles. The van der Waals surface area contributed by atoms with Gasteiger partial charge in [0.05, 0.1) is 6.04 Å². The lowest BCUT2D eigenvalue weighted by molar-refractivity contribution is 0.550. The van der Waals surface area contributed by atoms with E-state index in [0.717, 1.165) is 11.6 Å². The summed E-state index contributed by atoms with van der Waals surface area (Å²) in [5, 5.41) is 3.00. The van der Waals surface area contributed by atoms with Gasteiger partial charge in [-0.2, -0.15) is 0 Å². The van der Waals surface area contributed by atoms with Gasteiger partial charge in [-0.25, -0.2) is 8.78 Å². The van der Waals surface area contributed by atoms with Crippen molar-refractivity contribution in [1.29, 1.82) is 0 Å². The maximum absolute atomic E-state index is 13.6. The molecule has 0 amide bonds. The third-order valence-electron chi connectivity index (χ3n) is 2.42. The van der Waals surface area contributed by atoms with Gasteiger partial charge in [0.1, 0.15) is 11.6 Å². The minimum absolute atomic E-state index is 0.218. The highest BCUT2D eigenvalue weighted by atomic mass is 19.1. The summed E-state index contributed by atoms with van der Waals surface area (Å²) in [6, 6.07) is 2.27. The molecule has 3 heteroatoms. The lowest BCUT2D eigenvalue weighted by atomic mass is 10.0. The largest absolute Gasteiger partial charge is 0.310 e. The molecule has 0 heterocycles. The number of halogens is 2. The van der Waals surface area contributed by atoms with Crippen molar-refractivity contribution in [3.05, 3.63) is 46.5 Å². The molecular formula is C13H17F2N. The van der Waals surface area contributed by atoms with Crippen LogP contribution in [0.2, 0.25) is 0 Å². The van der Waals surface area contributed by atoms with E-state index in [1.807, 2.05) is 19.9 Å². The first-order valence-electron chi connectivity index (χ1n) is 5.23. The van der Waals surface area contributed by atoms with Gasteiger partial charge < -0.3 is 5.32 Å². The van der Waals surface area contributed by atoms with Crippen LogP contribution in [-0.4, -0.2) is 7.05 Å². The first-order valence-corrected chi connectivity index (χ1v) is 5.23. The minimum atomic E-state index is -0.514. The first-order chi connectivity index (χ1) is 7.45. The zero-order valence-corrected chi connectivity index (χ0v) is 10.1. The number of hydrogen-bond donors (Lipinski definition) is 1. The van der Waals surface area contributed by atoms with Gasteiger partial charge >= 0.3 is 0 Å². The molecule has 0 saturated heterocycles. The molecule has 1 aromatic rings. The van der Waals surface area contributed by atoms with E-state index in [9.17, 15) is 8.78 Å². The number of rotatable bonds is 3. The summed E-state index contributed by atoms with van der Waals surface area (Å²) in [7, 11) is 1.75. The van der Waals surface area contributed by atoms with E-state index in [1.54, 1.807) is 20.0 Å². The van der Waals surface area contributed by atoms with E-state index >= 15 is 0 Å². The molecule has 0 bridgehead atoms. The van der Waals surface area contributed by atoms with Gasteiger partial charge in [-0.1, -0.05) is 11.6 Å². The molecule has 0 aliphatic carbocycles. The molecular weight excluding hydrogens is 208 g/mol. The van der Waals surface area contributed by atoms with Gasteiger partial charge in [0.2, 0.25) is 0 Å². The highest BCUT2D eigenvalue weighted by Gasteiger charge is 2.14. The number of allylic oxidation sites excluding steroid dienone is 1. The fourth-order valence-corrected chi connectivity index (χ4v) is 1.58. The summed E-state index contributed by atoms with van der Waals surface area (Å²) in [5.74, 6) is -1.02. The van der Waals surface area contributed by atoms with E-state index < -0.39 is 11.6 Å². The van der Waals surface area contributed by atoms with Crippen LogP contribution in [-0.2, 0) is 0 Å². The average Bonchev–Trinajstić information content (AvgIpc) is 2.20. The number of likely N-dealkylation sites (N-methyl/N-ethyl adjacent to an activating group) is 1. The molecule has 1 rings (SSSR count). The summed E-state index contributed by atoms with van der Waals surface area (Å²) in [5.41, 5.74) is 2.02. The molecule has 0 spiro atoms. The zero-order chi connectivity index (χ0) is 12.3. The second-order valence-corrected chi connectivity index (χ2v) is 4.13. The van der Waals surface area contributed by atoms with Crippen molar-refractivity contribution < 1.29 is 8.78 Å². The molecule has 1 unspecified atom stereocenters. The lowest BCUT2D eigenvalue weighted by Gasteiger charge is -2.15. The molecule has 0 aliphatic rings. The maximum Gasteiger partial charge on any atom is 0.131 e. The summed E-state index contributed by atoms with van der Waals surface area (Å²) >= 11 is 0. The van der Waals surface area contributed by atoms with Gasteiger partial charge in [0.15, 0.2) is 0 Å². The quantitative estimate of drug-likeness (QED) is 0.776. The molecule has 1 atom stereocenters. The average molecular weight is 225 g/mol. The van der Waals surface area contributed by atoms with Crippen LogP contribution in [0.3, 0.4) is 0 Å². The Bertz CT molecular complexity index is 407. The van der Waals surface area contributed by atoms with Gasteiger partial charge in [0.25, 0.3) is 0 Å². The predicted octanol–water partition coefficient (Wildman–Crippen LogP) is 3.50. The normalized spacial score (nSPS) is 12.4. The van der Waals surface area contributed by atoms with Crippen molar-refractivity contribution in [2.75, 3.05) is 7.05 Å². The van der Waals surface area contributed by atoms with Crippen LogP contribution in [0.25, 0.3) is 0 Å². The van der Waals surface area contributed by atoms with Crippen LogP contribution in [0.1, 0.15) is 31.0 Å². The van der Waals surface area contributed by atoms with E-state index in [-0.39, 0.29) is 6.04 Å². The number of aryl methyl sites for hydroxylation is 1. The summed E-state index contributed by atoms with van der Waals surface area (Å²) in [6.45, 7) is 5.52. The van der Waals surface area contributed by atoms with Crippen LogP contribution < -0.4 is 5.32 Å². The molecule has 0 saturated carbocycles. The predicted molar refractivity (Wildman–Crippen MR) is 62.3 cm³/mol. The van der Waals surface area contributed by atoms with Crippen molar-refractivity contribution >= 4 is 0 Å². The third kappa shape index (κ3) is 2.89. The van der Waals surface area contributed by atoms with Crippen molar-refractivity contribution in [1.82, 2.24) is 5.32 Å². The fourth-order valence-electron chi connectivity index (χ4n) is 1.58. The summed E-state index contributed by atoms with van der Waals surface area (Å²) in [4.78, 5) is 0. The Balaban J connectivity index is 3.20. The van der Waals surface area contributed by atoms with Crippen LogP contribution >= 0.6 is 0 Å². The van der Waals surface area contributed by atoms with Crippen molar-refractivity contribution in [3.8, 4) is 0 Å². The molecule has 0 aromatic heterocycles. The van der Waals surface area contributed by atoms with Crippen LogP contribution in [0.4, 0.5) is 8.78 Å². The van der Waals surface area contributed by atoms with E-state index in [4.69, 9.17) is 0 Å². The van der Waals surface area contributed by atoms with E-state index in [1.165, 1.54) is 0 Å². The van der Waals surface area contributed by atoms with Gasteiger partial charge in [-0.05, 0) is 39.4 Å². The molecule has 1 N–H and O–H groups in total. The lowest BCUT2D eigenvalue weighted by Crippen LogP contribution is -2.16. The Morgan fingerprint density at radius 1 is 1.25 bits per heavy atom. The molecule has 0 radical (unpaired) electrons. The minimum Gasteiger partial charge on any atom is -0.310 e. The van der Waals surface area contributed by atoms with Crippen molar-refractivity contribution in [3.63, 3.8) is 0 Å². The SMILES string of the molecule is CNC(C=C(C)C)c1cc(C)c(F)cc1F. The second-order valence-electron chi connectivity index (χ2n) is 4.13. The monoisotopic (exact) mass is 225 g/mol. The molecule has 88 valence electrons. The third-order valence-corrected chi connectivity index (χ3v) is 2.42. The second kappa shape index (κ2) is 5.21. The standard InChI is InChI=1S/C13H17F2N/c1-8(2)5-13(16-4)10-6-9(3)11(14)7-12(10)15/h5-7,13,16H,1-4H3. The zero-order valence-electron chi connectivity index (χ0n) is 10.1. The Hall–Kier alpha value is -1.22. The Kier molecular flexibility index (Phi) is 4.19. The topological polar surface area (TPSA) is 12.0 Å². The van der Waals surface area contributed by atoms with E-state index in [2.05, 4.69) is 5.32 Å². The number of nitrogens with one attached hydrogen (secondary N) is 1. The summed E-state index contributed by atoms with van der Waals surface area (Å²) < 4.78 is 26.7. The van der Waals surface area contributed by atoms with Crippen LogP contribution in [0.5, 0.6) is 0 Å². The van der Waals surface area contributed by atoms with Crippen molar-refractivity contribution in [2.45, 2.75) is 26.8 Å². The molecule has 0 fully saturated rings. The van der Waals surface area contributed by atoms with Crippen LogP contribution in [0.15, 0.2) is 23.8 Å². The highest BCUT2D eigenvalue weighted by Crippen LogP contribution is 2.22. The Labute approximate surface area is 95.2 Å². The number of hydrogen-bond acceptors (Lipinski definition) is 1. The fraction of sp³-hybridized carbons (Fsp3) is 0.385. The Morgan fingerprint density at radius 3 is 2.38 bits per heavy atom. The smallest absolute Gasteiger partial charge is 0.131 e. The first kappa shape index (κ1) is 12.8. The summed E-state index contributed by atoms with van der Waals surface area (Å²) in [6.07, 6.45) is 1.91. The molecule has 1 nitrogen and oxygen atoms in total. The Morgan fingerprint density at radius 2 is 1.88 bits per heavy atom. The van der Waals surface area contributed by atoms with Gasteiger partial charge in [0, 0.05) is 11.6 Å². The van der Waals surface area contributed by atoms with Gasteiger partial charge in [-0.3, -0.25) is 0 Å². The highest BCUT2D eigenvalue weighted by molar-refractivity contribution is 5.31. The van der Waals surface area contributed by atoms with E-state index in [0.29, 0.717) is 11.1 Å². The van der Waals surface area contributed by atoms with Gasteiger partial charge in [-0.15, -0.1) is 0 Å². The molecule has 16 heavy (non-hydrogen) atoms. The molecule has 0 aliphatic heterocycles. The van der Waals surface area contributed by atoms with Crippen LogP contribution in [0, 0.1) is 18.6 Å². The number of benzene rings is 1. The maximum atomic E-state index is 13.6.